The Morgan fingerprint density at radius 2 is 2.14 bits per heavy atom. The number of thiophene rings is 1. The quantitative estimate of drug-likeness (QED) is 0.591. The van der Waals surface area contributed by atoms with Crippen LogP contribution in [0, 0.1) is 0 Å². The zero-order chi connectivity index (χ0) is 14.7. The van der Waals surface area contributed by atoms with E-state index in [0.29, 0.717) is 9.90 Å². The normalized spacial score (nSPS) is 11.1. The molecule has 0 radical (unpaired) electrons. The van der Waals surface area contributed by atoms with Crippen LogP contribution in [0.15, 0.2) is 53.9 Å². The fraction of sp³-hybridized carbons (Fsp3) is 0. The van der Waals surface area contributed by atoms with Crippen LogP contribution in [0.25, 0.3) is 10.1 Å². The lowest BCUT2D eigenvalue weighted by atomic mass is 10.2. The summed E-state index contributed by atoms with van der Waals surface area (Å²) in [6, 6.07) is 11.3. The van der Waals surface area contributed by atoms with Crippen molar-refractivity contribution in [3.63, 3.8) is 0 Å². The fourth-order valence-electron chi connectivity index (χ4n) is 1.83. The number of carbonyl (C=O) groups is 1. The van der Waals surface area contributed by atoms with Gasteiger partial charge in [0.25, 0.3) is 5.91 Å². The first-order chi connectivity index (χ1) is 10.3. The molecular weight excluding hydrogens is 306 g/mol. The number of rotatable bonds is 3. The second kappa shape index (κ2) is 6.03. The Morgan fingerprint density at radius 1 is 1.29 bits per heavy atom. The molecule has 3 rings (SSSR count). The number of hydrazone groups is 1. The summed E-state index contributed by atoms with van der Waals surface area (Å²) in [4.78, 5) is 16.5. The van der Waals surface area contributed by atoms with Gasteiger partial charge in [-0.3, -0.25) is 9.78 Å². The van der Waals surface area contributed by atoms with Crippen molar-refractivity contribution in [3.8, 4) is 0 Å². The van der Waals surface area contributed by atoms with Crippen molar-refractivity contribution in [1.29, 1.82) is 0 Å². The summed E-state index contributed by atoms with van der Waals surface area (Å²) in [5.74, 6) is -0.318. The Bertz CT molecular complexity index is 814. The van der Waals surface area contributed by atoms with Gasteiger partial charge in [-0.05, 0) is 12.1 Å². The van der Waals surface area contributed by atoms with Crippen molar-refractivity contribution in [3.05, 3.63) is 64.3 Å². The number of nitrogens with zero attached hydrogens (tertiary/aromatic N) is 2. The molecule has 0 aliphatic carbocycles. The minimum Gasteiger partial charge on any atom is -0.266 e. The lowest BCUT2D eigenvalue weighted by Crippen LogP contribution is -2.16. The average molecular weight is 316 g/mol. The van der Waals surface area contributed by atoms with E-state index in [1.807, 2.05) is 30.3 Å². The number of nitrogens with one attached hydrogen (secondary N) is 1. The minimum atomic E-state index is -0.318. The number of hydrogen-bond acceptors (Lipinski definition) is 4. The highest BCUT2D eigenvalue weighted by Gasteiger charge is 2.16. The first-order valence-electron chi connectivity index (χ1n) is 6.16. The SMILES string of the molecule is O=C(N/N=C/c1cccnc1)c1sc2ccccc2c1Cl. The predicted molar refractivity (Wildman–Crippen MR) is 86.1 cm³/mol. The van der Waals surface area contributed by atoms with Crippen molar-refractivity contribution in [2.24, 2.45) is 5.10 Å². The lowest BCUT2D eigenvalue weighted by molar-refractivity contribution is 0.0959. The molecule has 104 valence electrons. The number of halogens is 1. The monoisotopic (exact) mass is 315 g/mol. The summed E-state index contributed by atoms with van der Waals surface area (Å²) in [7, 11) is 0. The standard InChI is InChI=1S/C15H10ClN3OS/c16-13-11-5-1-2-6-12(11)21-14(13)15(20)19-18-9-10-4-3-7-17-8-10/h1-9H,(H,19,20)/b18-9+. The van der Waals surface area contributed by atoms with Gasteiger partial charge in [0.1, 0.15) is 4.88 Å². The molecule has 0 unspecified atom stereocenters. The van der Waals surface area contributed by atoms with Gasteiger partial charge in [0.2, 0.25) is 0 Å². The van der Waals surface area contributed by atoms with Crippen LogP contribution in [0.4, 0.5) is 0 Å². The molecule has 0 spiro atoms. The summed E-state index contributed by atoms with van der Waals surface area (Å²) in [6.45, 7) is 0. The zero-order valence-corrected chi connectivity index (χ0v) is 12.4. The molecule has 21 heavy (non-hydrogen) atoms. The lowest BCUT2D eigenvalue weighted by Gasteiger charge is -1.97. The van der Waals surface area contributed by atoms with Crippen LogP contribution in [0.2, 0.25) is 5.02 Å². The van der Waals surface area contributed by atoms with Gasteiger partial charge >= 0.3 is 0 Å². The molecule has 2 heterocycles. The fourth-order valence-corrected chi connectivity index (χ4v) is 3.24. The van der Waals surface area contributed by atoms with Crippen molar-refractivity contribution < 1.29 is 4.79 Å². The first kappa shape index (κ1) is 13.7. The van der Waals surface area contributed by atoms with Crippen LogP contribution >= 0.6 is 22.9 Å². The molecule has 0 aliphatic rings. The molecule has 0 fully saturated rings. The third-order valence-electron chi connectivity index (χ3n) is 2.81. The summed E-state index contributed by atoms with van der Waals surface area (Å²) >= 11 is 7.58. The molecule has 3 aromatic rings. The van der Waals surface area contributed by atoms with E-state index in [0.717, 1.165) is 15.6 Å². The molecule has 1 N–H and O–H groups in total. The second-order valence-corrected chi connectivity index (χ2v) is 5.66. The number of carbonyl (C=O) groups excluding carboxylic acids is 1. The van der Waals surface area contributed by atoms with E-state index in [-0.39, 0.29) is 5.91 Å². The van der Waals surface area contributed by atoms with Gasteiger partial charge in [-0.15, -0.1) is 11.3 Å². The summed E-state index contributed by atoms with van der Waals surface area (Å²) in [5, 5.41) is 5.26. The maximum Gasteiger partial charge on any atom is 0.283 e. The van der Waals surface area contributed by atoms with Crippen molar-refractivity contribution in [1.82, 2.24) is 10.4 Å². The van der Waals surface area contributed by atoms with Gasteiger partial charge in [-0.1, -0.05) is 35.9 Å². The Balaban J connectivity index is 1.78. The topological polar surface area (TPSA) is 54.4 Å². The summed E-state index contributed by atoms with van der Waals surface area (Å²) in [5.41, 5.74) is 3.28. The number of benzene rings is 1. The van der Waals surface area contributed by atoms with Crippen LogP contribution in [-0.4, -0.2) is 17.1 Å². The van der Waals surface area contributed by atoms with Crippen LogP contribution in [0.1, 0.15) is 15.2 Å². The van der Waals surface area contributed by atoms with Gasteiger partial charge < -0.3 is 0 Å². The molecule has 0 aliphatic heterocycles. The molecule has 0 atom stereocenters. The zero-order valence-electron chi connectivity index (χ0n) is 10.8. The van der Waals surface area contributed by atoms with Crippen LogP contribution < -0.4 is 5.43 Å². The third kappa shape index (κ3) is 2.94. The van der Waals surface area contributed by atoms with Gasteiger partial charge in [-0.25, -0.2) is 5.43 Å². The summed E-state index contributed by atoms with van der Waals surface area (Å²) in [6.07, 6.45) is 4.86. The molecule has 6 heteroatoms. The van der Waals surface area contributed by atoms with E-state index >= 15 is 0 Å². The molecule has 2 aromatic heterocycles. The molecule has 0 saturated heterocycles. The predicted octanol–water partition coefficient (Wildman–Crippen LogP) is 3.71. The maximum atomic E-state index is 12.1. The Labute approximate surface area is 130 Å². The van der Waals surface area contributed by atoms with Crippen LogP contribution in [0.5, 0.6) is 0 Å². The molecule has 1 aromatic carbocycles. The van der Waals surface area contributed by atoms with E-state index in [1.165, 1.54) is 17.6 Å². The van der Waals surface area contributed by atoms with E-state index in [9.17, 15) is 4.79 Å². The maximum absolute atomic E-state index is 12.1. The third-order valence-corrected chi connectivity index (χ3v) is 4.48. The molecular formula is C15H10ClN3OS. The van der Waals surface area contributed by atoms with E-state index in [4.69, 9.17) is 11.6 Å². The molecule has 0 bridgehead atoms. The van der Waals surface area contributed by atoms with Crippen LogP contribution in [0.3, 0.4) is 0 Å². The van der Waals surface area contributed by atoms with E-state index in [2.05, 4.69) is 15.5 Å². The highest BCUT2D eigenvalue weighted by atomic mass is 35.5. The van der Waals surface area contributed by atoms with Crippen molar-refractivity contribution in [2.75, 3.05) is 0 Å². The number of fused-ring (bicyclic) bond motifs is 1. The van der Waals surface area contributed by atoms with E-state index < -0.39 is 0 Å². The van der Waals surface area contributed by atoms with E-state index in [1.54, 1.807) is 18.5 Å². The Morgan fingerprint density at radius 3 is 2.90 bits per heavy atom. The minimum absolute atomic E-state index is 0.318. The van der Waals surface area contributed by atoms with Gasteiger partial charge in [-0.2, -0.15) is 5.10 Å². The molecule has 1 amide bonds. The highest BCUT2D eigenvalue weighted by molar-refractivity contribution is 7.21. The average Bonchev–Trinajstić information content (AvgIpc) is 2.86. The second-order valence-electron chi connectivity index (χ2n) is 4.23. The molecule has 0 saturated carbocycles. The first-order valence-corrected chi connectivity index (χ1v) is 7.35. The Hall–Kier alpha value is -2.24. The molecule has 4 nitrogen and oxygen atoms in total. The summed E-state index contributed by atoms with van der Waals surface area (Å²) < 4.78 is 0.976. The Kier molecular flexibility index (Phi) is 3.94. The highest BCUT2D eigenvalue weighted by Crippen LogP contribution is 2.34. The smallest absolute Gasteiger partial charge is 0.266 e. The number of amides is 1. The van der Waals surface area contributed by atoms with Gasteiger partial charge in [0, 0.05) is 28.0 Å². The number of aromatic nitrogens is 1. The number of hydrogen-bond donors (Lipinski definition) is 1. The van der Waals surface area contributed by atoms with Gasteiger partial charge in [0.15, 0.2) is 0 Å². The largest absolute Gasteiger partial charge is 0.283 e. The van der Waals surface area contributed by atoms with Gasteiger partial charge in [0.05, 0.1) is 11.2 Å². The van der Waals surface area contributed by atoms with Crippen LogP contribution in [-0.2, 0) is 0 Å². The number of pyridine rings is 1. The van der Waals surface area contributed by atoms with Crippen molar-refractivity contribution in [2.45, 2.75) is 0 Å². The van der Waals surface area contributed by atoms with Crippen molar-refractivity contribution >= 4 is 45.1 Å².